The first-order valence-corrected chi connectivity index (χ1v) is 9.35. The third-order valence-electron chi connectivity index (χ3n) is 4.96. The van der Waals surface area contributed by atoms with Crippen LogP contribution in [0, 0.1) is 13.8 Å². The Morgan fingerprint density at radius 2 is 1.93 bits per heavy atom. The van der Waals surface area contributed by atoms with Crippen molar-refractivity contribution in [3.63, 3.8) is 0 Å². The number of fused-ring (bicyclic) bond motifs is 5. The maximum Gasteiger partial charge on any atom is 0.240 e. The highest BCUT2D eigenvalue weighted by Crippen LogP contribution is 2.33. The summed E-state index contributed by atoms with van der Waals surface area (Å²) in [6.07, 6.45) is 6.60. The van der Waals surface area contributed by atoms with Crippen LogP contribution in [0.2, 0.25) is 0 Å². The fourth-order valence-electron chi connectivity index (χ4n) is 3.32. The van der Waals surface area contributed by atoms with Crippen molar-refractivity contribution in [2.75, 3.05) is 13.2 Å². The number of rotatable bonds is 0. The van der Waals surface area contributed by atoms with Gasteiger partial charge in [-0.05, 0) is 48.3 Å². The predicted molar refractivity (Wildman–Crippen MR) is 110 cm³/mol. The van der Waals surface area contributed by atoms with E-state index in [2.05, 4.69) is 47.0 Å². The molecule has 0 unspecified atom stereocenters. The maximum absolute atomic E-state index is 6.04. The fourth-order valence-corrected chi connectivity index (χ4v) is 3.32. The third kappa shape index (κ3) is 3.33. The van der Waals surface area contributed by atoms with Crippen molar-refractivity contribution in [3.05, 3.63) is 59.4 Å². The number of benzene rings is 1. The summed E-state index contributed by atoms with van der Waals surface area (Å²) >= 11 is 0. The number of hydrogen-bond donors (Lipinski definition) is 1. The lowest BCUT2D eigenvalue weighted by Crippen LogP contribution is -2.08. The Labute approximate surface area is 164 Å². The first-order valence-electron chi connectivity index (χ1n) is 9.35. The molecule has 1 N–H and O–H groups in total. The molecule has 3 aromatic rings. The van der Waals surface area contributed by atoms with E-state index in [1.54, 1.807) is 4.68 Å². The minimum absolute atomic E-state index is 0.520. The molecule has 144 valence electrons. The van der Waals surface area contributed by atoms with Gasteiger partial charge in [-0.1, -0.05) is 24.8 Å². The number of aryl methyl sites for hydroxylation is 3. The van der Waals surface area contributed by atoms with Gasteiger partial charge >= 0.3 is 0 Å². The second-order valence-electron chi connectivity index (χ2n) is 6.99. The minimum Gasteiger partial charge on any atom is -0.477 e. The highest BCUT2D eigenvalue weighted by Gasteiger charge is 2.15. The average molecular weight is 376 g/mol. The summed E-state index contributed by atoms with van der Waals surface area (Å²) < 4.78 is 13.7. The van der Waals surface area contributed by atoms with Crippen LogP contribution in [-0.2, 0) is 7.05 Å². The topological polar surface area (TPSA) is 65.0 Å². The second kappa shape index (κ2) is 7.38. The van der Waals surface area contributed by atoms with E-state index in [4.69, 9.17) is 9.47 Å². The summed E-state index contributed by atoms with van der Waals surface area (Å²) in [5.74, 6) is 1.35. The Morgan fingerprint density at radius 3 is 2.79 bits per heavy atom. The molecule has 2 bridgehead atoms. The summed E-state index contributed by atoms with van der Waals surface area (Å²) in [6, 6.07) is 6.35. The zero-order chi connectivity index (χ0) is 19.7. The summed E-state index contributed by atoms with van der Waals surface area (Å²) in [7, 11) is 1.89. The normalized spacial score (nSPS) is 15.5. The van der Waals surface area contributed by atoms with Gasteiger partial charge in [-0.3, -0.25) is 5.10 Å². The van der Waals surface area contributed by atoms with Crippen molar-refractivity contribution in [3.8, 4) is 22.9 Å². The molecule has 1 aliphatic heterocycles. The van der Waals surface area contributed by atoms with Crippen molar-refractivity contribution in [2.45, 2.75) is 20.3 Å². The number of H-pyrrole nitrogens is 1. The standard InChI is InChI=1S/C22H24N4O2/c1-14-6-8-17-12-19(14)15(2)7-9-18-16(3)24-25-21(18)27-10-5-11-28-22-20(17)13-23-26(22)4/h6-9,12-13H,2,5,10-11H2,1,3-4H3,(H,24,25)/b9-7+. The number of hydrogen-bond acceptors (Lipinski definition) is 4. The fraction of sp³-hybridized carbons (Fsp3) is 0.273. The van der Waals surface area contributed by atoms with Crippen LogP contribution in [0.15, 0.2) is 37.1 Å². The van der Waals surface area contributed by atoms with Crippen molar-refractivity contribution >= 4 is 11.6 Å². The maximum atomic E-state index is 6.04. The number of ether oxygens (including phenoxy) is 2. The molecule has 0 spiro atoms. The number of aromatic nitrogens is 4. The molecule has 4 rings (SSSR count). The molecule has 0 fully saturated rings. The Balaban J connectivity index is 1.80. The van der Waals surface area contributed by atoms with Crippen LogP contribution in [0.1, 0.15) is 28.8 Å². The Kier molecular flexibility index (Phi) is 4.77. The zero-order valence-corrected chi connectivity index (χ0v) is 16.5. The summed E-state index contributed by atoms with van der Waals surface area (Å²) in [4.78, 5) is 0. The highest BCUT2D eigenvalue weighted by molar-refractivity contribution is 5.82. The molecule has 28 heavy (non-hydrogen) atoms. The quantitative estimate of drug-likeness (QED) is 0.635. The first-order chi connectivity index (χ1) is 13.5. The van der Waals surface area contributed by atoms with Gasteiger partial charge < -0.3 is 9.47 Å². The average Bonchev–Trinajstić information content (AvgIpc) is 3.22. The molecular weight excluding hydrogens is 352 g/mol. The molecule has 0 saturated carbocycles. The molecule has 0 radical (unpaired) electrons. The number of nitrogens with one attached hydrogen (secondary N) is 1. The van der Waals surface area contributed by atoms with Gasteiger partial charge in [0, 0.05) is 19.2 Å². The Morgan fingerprint density at radius 1 is 1.11 bits per heavy atom. The lowest BCUT2D eigenvalue weighted by molar-refractivity contribution is 0.232. The molecule has 3 heterocycles. The van der Waals surface area contributed by atoms with Crippen molar-refractivity contribution in [1.29, 1.82) is 0 Å². The third-order valence-corrected chi connectivity index (χ3v) is 4.96. The SMILES string of the molecule is C=C1/C=C/c2c(n[nH]c2C)OCCCOc2c(cnn2C)-c2ccc(C)c1c2. The monoisotopic (exact) mass is 376 g/mol. The number of allylic oxidation sites excluding steroid dienone is 2. The minimum atomic E-state index is 0.520. The molecular formula is C22H24N4O2. The van der Waals surface area contributed by atoms with E-state index >= 15 is 0 Å². The van der Waals surface area contributed by atoms with E-state index < -0.39 is 0 Å². The van der Waals surface area contributed by atoms with Crippen molar-refractivity contribution < 1.29 is 9.47 Å². The highest BCUT2D eigenvalue weighted by atomic mass is 16.5. The van der Waals surface area contributed by atoms with Gasteiger partial charge in [-0.2, -0.15) is 5.10 Å². The van der Waals surface area contributed by atoms with E-state index in [9.17, 15) is 0 Å². The van der Waals surface area contributed by atoms with Gasteiger partial charge in [0.2, 0.25) is 11.8 Å². The van der Waals surface area contributed by atoms with Gasteiger partial charge in [-0.15, -0.1) is 5.10 Å². The van der Waals surface area contributed by atoms with Gasteiger partial charge in [-0.25, -0.2) is 4.68 Å². The molecule has 6 heteroatoms. The molecule has 0 aliphatic carbocycles. The number of nitrogens with zero attached hydrogens (tertiary/aromatic N) is 3. The van der Waals surface area contributed by atoms with E-state index in [1.165, 1.54) is 0 Å². The van der Waals surface area contributed by atoms with Gasteiger partial charge in [0.25, 0.3) is 0 Å². The van der Waals surface area contributed by atoms with Crippen LogP contribution in [0.25, 0.3) is 22.8 Å². The Bertz CT molecular complexity index is 1060. The van der Waals surface area contributed by atoms with Crippen LogP contribution in [-0.4, -0.2) is 33.2 Å². The van der Waals surface area contributed by atoms with Crippen molar-refractivity contribution in [2.24, 2.45) is 7.05 Å². The smallest absolute Gasteiger partial charge is 0.240 e. The molecule has 0 amide bonds. The van der Waals surface area contributed by atoms with Gasteiger partial charge in [0.15, 0.2) is 0 Å². The van der Waals surface area contributed by atoms with E-state index in [0.29, 0.717) is 19.1 Å². The van der Waals surface area contributed by atoms with Crippen LogP contribution < -0.4 is 9.47 Å². The molecule has 2 aromatic heterocycles. The molecule has 1 aromatic carbocycles. The lowest BCUT2D eigenvalue weighted by Gasteiger charge is -2.11. The predicted octanol–water partition coefficient (Wildman–Crippen LogP) is 4.31. The summed E-state index contributed by atoms with van der Waals surface area (Å²) in [5, 5.41) is 11.6. The second-order valence-corrected chi connectivity index (χ2v) is 6.99. The summed E-state index contributed by atoms with van der Waals surface area (Å²) in [6.45, 7) is 9.40. The van der Waals surface area contributed by atoms with E-state index in [1.807, 2.05) is 32.3 Å². The molecule has 1 aliphatic rings. The summed E-state index contributed by atoms with van der Waals surface area (Å²) in [5.41, 5.74) is 7.11. The van der Waals surface area contributed by atoms with E-state index in [0.717, 1.165) is 51.4 Å². The van der Waals surface area contributed by atoms with Crippen LogP contribution >= 0.6 is 0 Å². The van der Waals surface area contributed by atoms with Gasteiger partial charge in [0.05, 0.1) is 30.5 Å². The molecule has 0 atom stereocenters. The van der Waals surface area contributed by atoms with Crippen LogP contribution in [0.3, 0.4) is 0 Å². The van der Waals surface area contributed by atoms with E-state index in [-0.39, 0.29) is 0 Å². The lowest BCUT2D eigenvalue weighted by atomic mass is 9.96. The van der Waals surface area contributed by atoms with Crippen molar-refractivity contribution in [1.82, 2.24) is 20.0 Å². The van der Waals surface area contributed by atoms with Crippen LogP contribution in [0.5, 0.6) is 11.8 Å². The Hall–Kier alpha value is -3.28. The van der Waals surface area contributed by atoms with Crippen LogP contribution in [0.4, 0.5) is 0 Å². The number of aromatic amines is 1. The molecule has 6 nitrogen and oxygen atoms in total. The zero-order valence-electron chi connectivity index (χ0n) is 16.5. The molecule has 0 saturated heterocycles. The largest absolute Gasteiger partial charge is 0.477 e. The first kappa shape index (κ1) is 18.1. The van der Waals surface area contributed by atoms with Gasteiger partial charge in [0.1, 0.15) is 0 Å².